The SMILES string of the molecule is Cc1cc(F)c(-c2cnn(C3CC3(F)F)c2)cc1NC(=O)c1cnn2cc(F)ccc12. The Morgan fingerprint density at radius 1 is 1.16 bits per heavy atom. The van der Waals surface area contributed by atoms with E-state index in [-0.39, 0.29) is 17.5 Å². The van der Waals surface area contributed by atoms with Gasteiger partial charge in [0.05, 0.1) is 29.7 Å². The van der Waals surface area contributed by atoms with Gasteiger partial charge in [-0.05, 0) is 36.8 Å². The van der Waals surface area contributed by atoms with Crippen LogP contribution in [0.3, 0.4) is 0 Å². The maximum Gasteiger partial charge on any atom is 0.272 e. The van der Waals surface area contributed by atoms with Crippen molar-refractivity contribution in [1.29, 1.82) is 0 Å². The molecule has 0 bridgehead atoms. The lowest BCUT2D eigenvalue weighted by Crippen LogP contribution is -2.13. The summed E-state index contributed by atoms with van der Waals surface area (Å²) in [5.74, 6) is -4.36. The zero-order chi connectivity index (χ0) is 21.9. The maximum atomic E-state index is 14.6. The molecule has 158 valence electrons. The summed E-state index contributed by atoms with van der Waals surface area (Å²) in [6.45, 7) is 1.63. The average Bonchev–Trinajstić information content (AvgIpc) is 3.08. The van der Waals surface area contributed by atoms with Crippen LogP contribution in [0.5, 0.6) is 0 Å². The Hall–Kier alpha value is -3.69. The second-order valence-corrected chi connectivity index (χ2v) is 7.53. The molecule has 1 aromatic carbocycles. The van der Waals surface area contributed by atoms with E-state index in [4.69, 9.17) is 0 Å². The molecule has 1 unspecified atom stereocenters. The number of halogens is 4. The number of rotatable bonds is 4. The number of aromatic nitrogens is 4. The average molecular weight is 429 g/mol. The third-order valence-corrected chi connectivity index (χ3v) is 5.31. The van der Waals surface area contributed by atoms with Crippen molar-refractivity contribution in [2.45, 2.75) is 25.3 Å². The summed E-state index contributed by atoms with van der Waals surface area (Å²) in [5.41, 5.74) is 1.88. The van der Waals surface area contributed by atoms with Gasteiger partial charge in [-0.1, -0.05) is 0 Å². The van der Waals surface area contributed by atoms with Crippen LogP contribution in [0.15, 0.2) is 49.1 Å². The lowest BCUT2D eigenvalue weighted by molar-refractivity contribution is 0.0982. The Morgan fingerprint density at radius 2 is 1.94 bits per heavy atom. The number of carbonyl (C=O) groups is 1. The van der Waals surface area contributed by atoms with Crippen LogP contribution in [-0.4, -0.2) is 31.2 Å². The first kappa shape index (κ1) is 19.3. The summed E-state index contributed by atoms with van der Waals surface area (Å²) in [7, 11) is 0. The Labute approximate surface area is 173 Å². The Balaban J connectivity index is 1.45. The molecular formula is C21H15F4N5O. The van der Waals surface area contributed by atoms with Crippen LogP contribution in [0.25, 0.3) is 16.6 Å². The van der Waals surface area contributed by atoms with E-state index < -0.39 is 29.5 Å². The van der Waals surface area contributed by atoms with Crippen LogP contribution in [-0.2, 0) is 0 Å². The molecule has 5 rings (SSSR count). The number of pyridine rings is 1. The minimum atomic E-state index is -2.80. The van der Waals surface area contributed by atoms with Crippen LogP contribution >= 0.6 is 0 Å². The Kier molecular flexibility index (Phi) is 4.14. The normalized spacial score (nSPS) is 17.1. The molecule has 0 saturated heterocycles. The predicted octanol–water partition coefficient (Wildman–Crippen LogP) is 4.62. The molecule has 1 aliphatic rings. The van der Waals surface area contributed by atoms with E-state index in [1.807, 2.05) is 0 Å². The van der Waals surface area contributed by atoms with Crippen molar-refractivity contribution in [1.82, 2.24) is 19.4 Å². The smallest absolute Gasteiger partial charge is 0.272 e. The number of benzene rings is 1. The molecule has 10 heteroatoms. The number of amides is 1. The molecule has 1 fully saturated rings. The van der Waals surface area contributed by atoms with E-state index in [0.717, 1.165) is 10.9 Å². The summed E-state index contributed by atoms with van der Waals surface area (Å²) in [6, 6.07) is 4.31. The zero-order valence-electron chi connectivity index (χ0n) is 16.1. The molecule has 4 aromatic rings. The largest absolute Gasteiger partial charge is 0.322 e. The number of nitrogens with one attached hydrogen (secondary N) is 1. The number of fused-ring (bicyclic) bond motifs is 1. The monoisotopic (exact) mass is 429 g/mol. The minimum absolute atomic E-state index is 0.123. The van der Waals surface area contributed by atoms with Gasteiger partial charge >= 0.3 is 0 Å². The third kappa shape index (κ3) is 3.33. The highest BCUT2D eigenvalue weighted by Gasteiger charge is 2.59. The second-order valence-electron chi connectivity index (χ2n) is 7.53. The molecule has 1 atom stereocenters. The van der Waals surface area contributed by atoms with Crippen molar-refractivity contribution in [3.05, 3.63) is 71.8 Å². The molecule has 0 radical (unpaired) electrons. The lowest BCUT2D eigenvalue weighted by atomic mass is 10.0. The summed E-state index contributed by atoms with van der Waals surface area (Å²) in [4.78, 5) is 12.8. The predicted molar refractivity (Wildman–Crippen MR) is 104 cm³/mol. The lowest BCUT2D eigenvalue weighted by Gasteiger charge is -2.11. The first-order valence-electron chi connectivity index (χ1n) is 9.40. The molecule has 1 amide bonds. The van der Waals surface area contributed by atoms with Crippen LogP contribution < -0.4 is 5.32 Å². The number of aryl methyl sites for hydroxylation is 1. The highest BCUT2D eigenvalue weighted by molar-refractivity contribution is 6.09. The van der Waals surface area contributed by atoms with Gasteiger partial charge in [-0.2, -0.15) is 10.2 Å². The maximum absolute atomic E-state index is 14.6. The number of nitrogens with zero attached hydrogens (tertiary/aromatic N) is 4. The van der Waals surface area contributed by atoms with Crippen LogP contribution in [0.2, 0.25) is 0 Å². The fourth-order valence-corrected chi connectivity index (χ4v) is 3.49. The summed E-state index contributed by atoms with van der Waals surface area (Å²) >= 11 is 0. The van der Waals surface area contributed by atoms with Crippen molar-refractivity contribution in [3.63, 3.8) is 0 Å². The molecule has 3 aromatic heterocycles. The molecule has 1 saturated carbocycles. The Bertz CT molecular complexity index is 1340. The van der Waals surface area contributed by atoms with Gasteiger partial charge in [0.2, 0.25) is 0 Å². The number of carbonyl (C=O) groups excluding carboxylic acids is 1. The van der Waals surface area contributed by atoms with Crippen molar-refractivity contribution >= 4 is 17.1 Å². The van der Waals surface area contributed by atoms with Gasteiger partial charge < -0.3 is 5.32 Å². The fourth-order valence-electron chi connectivity index (χ4n) is 3.49. The summed E-state index contributed by atoms with van der Waals surface area (Å²) < 4.78 is 56.9. The molecule has 31 heavy (non-hydrogen) atoms. The Morgan fingerprint density at radius 3 is 2.68 bits per heavy atom. The van der Waals surface area contributed by atoms with Gasteiger partial charge in [0.1, 0.15) is 17.7 Å². The van der Waals surface area contributed by atoms with E-state index >= 15 is 0 Å². The van der Waals surface area contributed by atoms with Gasteiger partial charge in [-0.25, -0.2) is 22.1 Å². The van der Waals surface area contributed by atoms with Crippen LogP contribution in [0.1, 0.15) is 28.4 Å². The van der Waals surface area contributed by atoms with E-state index in [2.05, 4.69) is 15.5 Å². The molecule has 3 heterocycles. The summed E-state index contributed by atoms with van der Waals surface area (Å²) in [5, 5.41) is 10.6. The third-order valence-electron chi connectivity index (χ3n) is 5.31. The quantitative estimate of drug-likeness (QED) is 0.482. The molecule has 0 spiro atoms. The van der Waals surface area contributed by atoms with Gasteiger partial charge in [0.15, 0.2) is 0 Å². The van der Waals surface area contributed by atoms with Gasteiger partial charge in [-0.15, -0.1) is 0 Å². The molecule has 6 nitrogen and oxygen atoms in total. The molecular weight excluding hydrogens is 414 g/mol. The van der Waals surface area contributed by atoms with Gasteiger partial charge in [-0.3, -0.25) is 9.48 Å². The zero-order valence-corrected chi connectivity index (χ0v) is 16.1. The minimum Gasteiger partial charge on any atom is -0.322 e. The van der Waals surface area contributed by atoms with E-state index in [1.54, 1.807) is 6.92 Å². The second kappa shape index (κ2) is 6.66. The first-order valence-corrected chi connectivity index (χ1v) is 9.40. The van der Waals surface area contributed by atoms with E-state index in [9.17, 15) is 22.4 Å². The molecule has 1 aliphatic carbocycles. The van der Waals surface area contributed by atoms with E-state index in [1.165, 1.54) is 47.4 Å². The van der Waals surface area contributed by atoms with Gasteiger partial charge in [0, 0.05) is 29.4 Å². The topological polar surface area (TPSA) is 64.2 Å². The summed E-state index contributed by atoms with van der Waals surface area (Å²) in [6.07, 6.45) is 4.84. The standard InChI is InChI=1S/C21H15F4N5O/c1-11-4-16(23)14(12-7-26-30(9-12)19-6-21(19,24)25)5-17(11)28-20(31)15-8-27-29-10-13(22)2-3-18(15)29/h2-5,7-10,19H,6H2,1H3,(H,28,31). The van der Waals surface area contributed by atoms with Crippen molar-refractivity contribution in [2.75, 3.05) is 5.32 Å². The number of alkyl halides is 2. The van der Waals surface area contributed by atoms with Crippen molar-refractivity contribution < 1.29 is 22.4 Å². The number of anilines is 1. The first-order chi connectivity index (χ1) is 14.7. The van der Waals surface area contributed by atoms with Crippen LogP contribution in [0.4, 0.5) is 23.2 Å². The molecule has 1 N–H and O–H groups in total. The fraction of sp³-hybridized carbons (Fsp3) is 0.190. The highest BCUT2D eigenvalue weighted by atomic mass is 19.3. The molecule has 0 aliphatic heterocycles. The van der Waals surface area contributed by atoms with Crippen LogP contribution in [0, 0.1) is 18.6 Å². The van der Waals surface area contributed by atoms with Crippen molar-refractivity contribution in [2.24, 2.45) is 0 Å². The van der Waals surface area contributed by atoms with Crippen molar-refractivity contribution in [3.8, 4) is 11.1 Å². The number of hydrogen-bond donors (Lipinski definition) is 1. The number of hydrogen-bond acceptors (Lipinski definition) is 3. The van der Waals surface area contributed by atoms with Gasteiger partial charge in [0.25, 0.3) is 11.8 Å². The highest BCUT2D eigenvalue weighted by Crippen LogP contribution is 2.52. The van der Waals surface area contributed by atoms with E-state index in [0.29, 0.717) is 22.3 Å².